The number of carbonyl (C=O) groups excluding carboxylic acids is 1. The van der Waals surface area contributed by atoms with E-state index in [0.29, 0.717) is 13.0 Å². The molecule has 1 fully saturated rings. The van der Waals surface area contributed by atoms with E-state index in [1.807, 2.05) is 0 Å². The maximum Gasteiger partial charge on any atom is 0.305 e. The largest absolute Gasteiger partial charge is 0.466 e. The van der Waals surface area contributed by atoms with Gasteiger partial charge in [0.15, 0.2) is 0 Å². The second kappa shape index (κ2) is 13.2. The summed E-state index contributed by atoms with van der Waals surface area (Å²) in [7, 11) is 0. The zero-order valence-electron chi connectivity index (χ0n) is 13.9. The first kappa shape index (κ1) is 18.5. The van der Waals surface area contributed by atoms with Gasteiger partial charge in [0, 0.05) is 6.42 Å². The smallest absolute Gasteiger partial charge is 0.305 e. The Bertz CT molecular complexity index is 244. The van der Waals surface area contributed by atoms with Gasteiger partial charge in [-0.25, -0.2) is 0 Å². The third-order valence-corrected chi connectivity index (χ3v) is 4.64. The molecule has 2 heteroatoms. The summed E-state index contributed by atoms with van der Waals surface area (Å²) in [5.74, 6) is 0.838. The Morgan fingerprint density at radius 3 is 2.10 bits per heavy atom. The van der Waals surface area contributed by atoms with Crippen molar-refractivity contribution in [3.63, 3.8) is 0 Å². The van der Waals surface area contributed by atoms with Crippen molar-refractivity contribution in [3.8, 4) is 0 Å². The van der Waals surface area contributed by atoms with E-state index in [4.69, 9.17) is 4.74 Å². The monoisotopic (exact) mass is 295 g/mol. The molecule has 0 unspecified atom stereocenters. The zero-order chi connectivity index (χ0) is 15.2. The lowest BCUT2D eigenvalue weighted by molar-refractivity contribution is -0.144. The Hall–Kier alpha value is -0.530. The van der Waals surface area contributed by atoms with Crippen molar-refractivity contribution in [3.05, 3.63) is 6.92 Å². The third-order valence-electron chi connectivity index (χ3n) is 4.64. The average Bonchev–Trinajstić information content (AvgIpc) is 2.99. The number of esters is 1. The average molecular weight is 295 g/mol. The van der Waals surface area contributed by atoms with Crippen LogP contribution in [-0.4, -0.2) is 12.6 Å². The van der Waals surface area contributed by atoms with Crippen LogP contribution in [0.15, 0.2) is 0 Å². The minimum atomic E-state index is 0.0171. The third kappa shape index (κ3) is 10.8. The number of hydrogen-bond donors (Lipinski definition) is 0. The SMILES string of the molecule is [CH2]CCCCCCCCCCC(=O)OCCC1CCCC1. The molecule has 1 saturated carbocycles. The second-order valence-corrected chi connectivity index (χ2v) is 6.59. The second-order valence-electron chi connectivity index (χ2n) is 6.59. The fraction of sp³-hybridized carbons (Fsp3) is 0.895. The number of rotatable bonds is 13. The van der Waals surface area contributed by atoms with E-state index in [1.165, 1.54) is 70.6 Å². The molecule has 21 heavy (non-hydrogen) atoms. The first-order valence-electron chi connectivity index (χ1n) is 9.28. The maximum absolute atomic E-state index is 11.6. The lowest BCUT2D eigenvalue weighted by Gasteiger charge is -2.09. The van der Waals surface area contributed by atoms with Crippen LogP contribution in [0.2, 0.25) is 0 Å². The van der Waals surface area contributed by atoms with E-state index in [2.05, 4.69) is 6.92 Å². The van der Waals surface area contributed by atoms with Crippen molar-refractivity contribution in [2.75, 3.05) is 6.61 Å². The minimum Gasteiger partial charge on any atom is -0.466 e. The molecule has 123 valence electrons. The molecule has 1 aliphatic carbocycles. The summed E-state index contributed by atoms with van der Waals surface area (Å²) in [6, 6.07) is 0. The quantitative estimate of drug-likeness (QED) is 0.315. The van der Waals surface area contributed by atoms with Gasteiger partial charge < -0.3 is 4.74 Å². The van der Waals surface area contributed by atoms with Gasteiger partial charge in [0.05, 0.1) is 6.61 Å². The fourth-order valence-electron chi connectivity index (χ4n) is 3.22. The number of ether oxygens (including phenoxy) is 1. The van der Waals surface area contributed by atoms with E-state index in [1.54, 1.807) is 0 Å². The molecule has 0 bridgehead atoms. The summed E-state index contributed by atoms with van der Waals surface area (Å²) in [6.45, 7) is 4.51. The summed E-state index contributed by atoms with van der Waals surface area (Å²) in [5, 5.41) is 0. The highest BCUT2D eigenvalue weighted by Gasteiger charge is 2.15. The standard InChI is InChI=1S/C19H35O2/c1-2-3-4-5-6-7-8-9-10-15-19(20)21-17-16-18-13-11-12-14-18/h18H,1-17H2. The summed E-state index contributed by atoms with van der Waals surface area (Å²) in [6.07, 6.45) is 18.2. The van der Waals surface area contributed by atoms with Gasteiger partial charge in [-0.1, -0.05) is 84.0 Å². The molecule has 2 nitrogen and oxygen atoms in total. The molecule has 0 aromatic carbocycles. The molecule has 0 atom stereocenters. The highest BCUT2D eigenvalue weighted by atomic mass is 16.5. The highest BCUT2D eigenvalue weighted by Crippen LogP contribution is 2.27. The highest BCUT2D eigenvalue weighted by molar-refractivity contribution is 5.69. The molecular weight excluding hydrogens is 260 g/mol. The van der Waals surface area contributed by atoms with Crippen molar-refractivity contribution < 1.29 is 9.53 Å². The van der Waals surface area contributed by atoms with Crippen molar-refractivity contribution >= 4 is 5.97 Å². The Kier molecular flexibility index (Phi) is 11.6. The van der Waals surface area contributed by atoms with Gasteiger partial charge >= 0.3 is 5.97 Å². The van der Waals surface area contributed by atoms with Crippen molar-refractivity contribution in [2.45, 2.75) is 96.3 Å². The molecular formula is C19H35O2. The summed E-state index contributed by atoms with van der Waals surface area (Å²) in [4.78, 5) is 11.6. The molecule has 0 heterocycles. The van der Waals surface area contributed by atoms with Gasteiger partial charge in [0.1, 0.15) is 0 Å². The maximum atomic E-state index is 11.6. The molecule has 1 radical (unpaired) electrons. The van der Waals surface area contributed by atoms with E-state index in [0.717, 1.165) is 25.2 Å². The molecule has 0 aromatic heterocycles. The molecule has 0 amide bonds. The Morgan fingerprint density at radius 2 is 1.48 bits per heavy atom. The first-order chi connectivity index (χ1) is 10.3. The van der Waals surface area contributed by atoms with Crippen LogP contribution >= 0.6 is 0 Å². The molecule has 0 aliphatic heterocycles. The van der Waals surface area contributed by atoms with Crippen LogP contribution in [0, 0.1) is 12.8 Å². The van der Waals surface area contributed by atoms with Gasteiger partial charge in [-0.15, -0.1) is 0 Å². The van der Waals surface area contributed by atoms with Crippen LogP contribution in [0.4, 0.5) is 0 Å². The van der Waals surface area contributed by atoms with Crippen LogP contribution in [0.5, 0.6) is 0 Å². The molecule has 1 rings (SSSR count). The Balaban J connectivity index is 1.78. The summed E-state index contributed by atoms with van der Waals surface area (Å²) in [5.41, 5.74) is 0. The van der Waals surface area contributed by atoms with Gasteiger partial charge in [-0.05, 0) is 18.8 Å². The summed E-state index contributed by atoms with van der Waals surface area (Å²) < 4.78 is 5.33. The number of hydrogen-bond acceptors (Lipinski definition) is 2. The number of carbonyl (C=O) groups is 1. The van der Waals surface area contributed by atoms with Crippen molar-refractivity contribution in [1.82, 2.24) is 0 Å². The van der Waals surface area contributed by atoms with Gasteiger partial charge in [0.25, 0.3) is 0 Å². The molecule has 0 aromatic rings. The van der Waals surface area contributed by atoms with E-state index in [-0.39, 0.29) is 5.97 Å². The molecule has 1 aliphatic rings. The predicted molar refractivity (Wildman–Crippen MR) is 89.1 cm³/mol. The normalized spacial score (nSPS) is 15.5. The molecule has 0 saturated heterocycles. The van der Waals surface area contributed by atoms with Crippen LogP contribution in [0.1, 0.15) is 96.3 Å². The topological polar surface area (TPSA) is 26.3 Å². The van der Waals surface area contributed by atoms with Gasteiger partial charge in [-0.2, -0.15) is 0 Å². The van der Waals surface area contributed by atoms with Gasteiger partial charge in [0.2, 0.25) is 0 Å². The van der Waals surface area contributed by atoms with Crippen molar-refractivity contribution in [2.24, 2.45) is 5.92 Å². The number of unbranched alkanes of at least 4 members (excludes halogenated alkanes) is 8. The Labute approximate surface area is 132 Å². The summed E-state index contributed by atoms with van der Waals surface area (Å²) >= 11 is 0. The molecule has 0 spiro atoms. The van der Waals surface area contributed by atoms with Crippen LogP contribution in [0.25, 0.3) is 0 Å². The predicted octanol–water partition coefficient (Wildman–Crippen LogP) is 5.84. The van der Waals surface area contributed by atoms with Crippen LogP contribution in [0.3, 0.4) is 0 Å². The van der Waals surface area contributed by atoms with Gasteiger partial charge in [-0.3, -0.25) is 4.79 Å². The fourth-order valence-corrected chi connectivity index (χ4v) is 3.22. The van der Waals surface area contributed by atoms with E-state index >= 15 is 0 Å². The lowest BCUT2D eigenvalue weighted by Crippen LogP contribution is -2.08. The zero-order valence-corrected chi connectivity index (χ0v) is 13.9. The van der Waals surface area contributed by atoms with E-state index < -0.39 is 0 Å². The van der Waals surface area contributed by atoms with Crippen molar-refractivity contribution in [1.29, 1.82) is 0 Å². The van der Waals surface area contributed by atoms with E-state index in [9.17, 15) is 4.79 Å². The van der Waals surface area contributed by atoms with Crippen LogP contribution < -0.4 is 0 Å². The minimum absolute atomic E-state index is 0.0171. The first-order valence-corrected chi connectivity index (χ1v) is 9.28. The Morgan fingerprint density at radius 1 is 0.905 bits per heavy atom. The lowest BCUT2D eigenvalue weighted by atomic mass is 10.1. The van der Waals surface area contributed by atoms with Crippen LogP contribution in [-0.2, 0) is 9.53 Å². The molecule has 0 N–H and O–H groups in total.